The highest BCUT2D eigenvalue weighted by molar-refractivity contribution is 5.36. The van der Waals surface area contributed by atoms with E-state index in [-0.39, 0.29) is 12.8 Å². The van der Waals surface area contributed by atoms with Crippen LogP contribution in [0.25, 0.3) is 0 Å². The molecule has 0 aliphatic carbocycles. The van der Waals surface area contributed by atoms with Crippen LogP contribution < -0.4 is 4.90 Å². The number of anilines is 1. The molecular weight excluding hydrogens is 188 g/mol. The van der Waals surface area contributed by atoms with Crippen LogP contribution >= 0.6 is 0 Å². The van der Waals surface area contributed by atoms with Crippen molar-refractivity contribution in [1.82, 2.24) is 9.97 Å². The summed E-state index contributed by atoms with van der Waals surface area (Å²) in [5.74, 6) is -1.76. The first-order valence-corrected chi connectivity index (χ1v) is 4.56. The minimum absolute atomic E-state index is 0.0863. The summed E-state index contributed by atoms with van der Waals surface area (Å²) in [4.78, 5) is 9.66. The predicted molar refractivity (Wildman–Crippen MR) is 48.4 cm³/mol. The van der Waals surface area contributed by atoms with Gasteiger partial charge in [-0.2, -0.15) is 0 Å². The third-order valence-electron chi connectivity index (χ3n) is 2.39. The molecule has 0 spiro atoms. The molecule has 0 bridgehead atoms. The lowest BCUT2D eigenvalue weighted by Gasteiger charge is -2.32. The lowest BCUT2D eigenvalue weighted by atomic mass is 10.1. The number of hydrogen-bond donors (Lipinski definition) is 0. The molecule has 0 atom stereocenters. The van der Waals surface area contributed by atoms with Crippen molar-refractivity contribution in [2.75, 3.05) is 18.0 Å². The first kappa shape index (κ1) is 9.30. The molecule has 5 heteroatoms. The number of alkyl halides is 2. The van der Waals surface area contributed by atoms with Gasteiger partial charge in [0.15, 0.2) is 0 Å². The van der Waals surface area contributed by atoms with E-state index < -0.39 is 5.92 Å². The van der Waals surface area contributed by atoms with E-state index in [0.717, 1.165) is 5.82 Å². The Kier molecular flexibility index (Phi) is 2.31. The van der Waals surface area contributed by atoms with Crippen LogP contribution in [-0.4, -0.2) is 29.0 Å². The minimum Gasteiger partial charge on any atom is -0.356 e. The Balaban J connectivity index is 2.03. The van der Waals surface area contributed by atoms with Gasteiger partial charge in [0.25, 0.3) is 5.92 Å². The molecule has 1 aliphatic heterocycles. The number of hydrogen-bond acceptors (Lipinski definition) is 3. The summed E-state index contributed by atoms with van der Waals surface area (Å²) >= 11 is 0. The monoisotopic (exact) mass is 199 g/mol. The molecule has 1 aromatic heterocycles. The lowest BCUT2D eigenvalue weighted by Crippen LogP contribution is -2.39. The molecular formula is C9H11F2N3. The third-order valence-corrected chi connectivity index (χ3v) is 2.39. The highest BCUT2D eigenvalue weighted by Crippen LogP contribution is 2.29. The average Bonchev–Trinajstić information content (AvgIpc) is 2.19. The fraction of sp³-hybridized carbons (Fsp3) is 0.556. The Morgan fingerprint density at radius 2 is 2.00 bits per heavy atom. The lowest BCUT2D eigenvalue weighted by molar-refractivity contribution is -0.0221. The molecule has 0 N–H and O–H groups in total. The normalized spacial score (nSPS) is 20.9. The maximum Gasteiger partial charge on any atom is 0.251 e. The van der Waals surface area contributed by atoms with Crippen molar-refractivity contribution in [2.45, 2.75) is 18.8 Å². The van der Waals surface area contributed by atoms with Crippen LogP contribution in [0.4, 0.5) is 14.6 Å². The quantitative estimate of drug-likeness (QED) is 0.689. The molecule has 0 aromatic carbocycles. The van der Waals surface area contributed by atoms with E-state index in [2.05, 4.69) is 9.97 Å². The zero-order chi connectivity index (χ0) is 10.0. The van der Waals surface area contributed by atoms with Gasteiger partial charge in [-0.15, -0.1) is 0 Å². The zero-order valence-corrected chi connectivity index (χ0v) is 7.66. The summed E-state index contributed by atoms with van der Waals surface area (Å²) in [7, 11) is 0. The van der Waals surface area contributed by atoms with Gasteiger partial charge in [0, 0.05) is 32.1 Å². The Morgan fingerprint density at radius 1 is 1.29 bits per heavy atom. The number of halogens is 2. The first-order chi connectivity index (χ1) is 6.67. The van der Waals surface area contributed by atoms with E-state index in [1.54, 1.807) is 12.3 Å². The molecule has 1 fully saturated rings. The number of nitrogens with zero attached hydrogens (tertiary/aromatic N) is 3. The van der Waals surface area contributed by atoms with Crippen molar-refractivity contribution in [3.8, 4) is 0 Å². The summed E-state index contributed by atoms with van der Waals surface area (Å²) in [6, 6.07) is 1.74. The summed E-state index contributed by atoms with van der Waals surface area (Å²) in [6.45, 7) is 0.730. The Hall–Kier alpha value is -1.26. The van der Waals surface area contributed by atoms with Crippen LogP contribution in [0.5, 0.6) is 0 Å². The average molecular weight is 199 g/mol. The fourth-order valence-electron chi connectivity index (χ4n) is 1.53. The zero-order valence-electron chi connectivity index (χ0n) is 7.66. The Morgan fingerprint density at radius 3 is 2.57 bits per heavy atom. The first-order valence-electron chi connectivity index (χ1n) is 4.56. The summed E-state index contributed by atoms with van der Waals surface area (Å²) < 4.78 is 25.7. The minimum atomic E-state index is -2.50. The van der Waals surface area contributed by atoms with E-state index in [1.165, 1.54) is 6.33 Å². The second-order valence-electron chi connectivity index (χ2n) is 3.41. The van der Waals surface area contributed by atoms with Crippen LogP contribution in [0, 0.1) is 0 Å². The van der Waals surface area contributed by atoms with E-state index >= 15 is 0 Å². The van der Waals surface area contributed by atoms with Crippen molar-refractivity contribution in [3.63, 3.8) is 0 Å². The van der Waals surface area contributed by atoms with E-state index in [0.29, 0.717) is 13.1 Å². The van der Waals surface area contributed by atoms with Crippen LogP contribution in [0.2, 0.25) is 0 Å². The van der Waals surface area contributed by atoms with Gasteiger partial charge >= 0.3 is 0 Å². The molecule has 2 rings (SSSR count). The number of aromatic nitrogens is 2. The Labute approximate surface area is 80.8 Å². The summed E-state index contributed by atoms with van der Waals surface area (Å²) in [5.41, 5.74) is 0. The molecule has 76 valence electrons. The summed E-state index contributed by atoms with van der Waals surface area (Å²) in [6.07, 6.45) is 2.88. The van der Waals surface area contributed by atoms with Gasteiger partial charge in [-0.3, -0.25) is 0 Å². The molecule has 0 unspecified atom stereocenters. The fourth-order valence-corrected chi connectivity index (χ4v) is 1.53. The maximum atomic E-state index is 12.8. The largest absolute Gasteiger partial charge is 0.356 e. The molecule has 0 radical (unpaired) electrons. The molecule has 1 aliphatic rings. The molecule has 0 amide bonds. The molecule has 0 saturated carbocycles. The standard InChI is InChI=1S/C9H11F2N3/c10-9(11)2-5-14(6-3-9)8-1-4-12-7-13-8/h1,4,7H,2-3,5-6H2. The van der Waals surface area contributed by atoms with Gasteiger partial charge in [-0.1, -0.05) is 0 Å². The Bertz CT molecular complexity index is 292. The van der Waals surface area contributed by atoms with Gasteiger partial charge in [0.2, 0.25) is 0 Å². The van der Waals surface area contributed by atoms with E-state index in [4.69, 9.17) is 0 Å². The van der Waals surface area contributed by atoms with Crippen molar-refractivity contribution in [2.24, 2.45) is 0 Å². The van der Waals surface area contributed by atoms with Crippen LogP contribution in [0.3, 0.4) is 0 Å². The molecule has 3 nitrogen and oxygen atoms in total. The summed E-state index contributed by atoms with van der Waals surface area (Å²) in [5, 5.41) is 0. The third kappa shape index (κ3) is 1.97. The SMILES string of the molecule is FC1(F)CCN(c2ccncn2)CC1. The predicted octanol–water partition coefficient (Wildman–Crippen LogP) is 1.71. The van der Waals surface area contributed by atoms with Gasteiger partial charge in [0.05, 0.1) is 0 Å². The topological polar surface area (TPSA) is 29.0 Å². The second kappa shape index (κ2) is 3.48. The van der Waals surface area contributed by atoms with Crippen molar-refractivity contribution in [1.29, 1.82) is 0 Å². The number of rotatable bonds is 1. The van der Waals surface area contributed by atoms with Crippen molar-refractivity contribution in [3.05, 3.63) is 18.6 Å². The van der Waals surface area contributed by atoms with Crippen LogP contribution in [0.15, 0.2) is 18.6 Å². The molecule has 1 aromatic rings. The molecule has 1 saturated heterocycles. The van der Waals surface area contributed by atoms with Crippen LogP contribution in [0.1, 0.15) is 12.8 Å². The van der Waals surface area contributed by atoms with Gasteiger partial charge in [-0.05, 0) is 6.07 Å². The highest BCUT2D eigenvalue weighted by atomic mass is 19.3. The molecule has 14 heavy (non-hydrogen) atoms. The second-order valence-corrected chi connectivity index (χ2v) is 3.41. The maximum absolute atomic E-state index is 12.8. The van der Waals surface area contributed by atoms with Gasteiger partial charge < -0.3 is 4.90 Å². The number of piperidine rings is 1. The smallest absolute Gasteiger partial charge is 0.251 e. The van der Waals surface area contributed by atoms with Gasteiger partial charge in [0.1, 0.15) is 12.1 Å². The van der Waals surface area contributed by atoms with E-state index in [1.807, 2.05) is 4.90 Å². The highest BCUT2D eigenvalue weighted by Gasteiger charge is 2.34. The van der Waals surface area contributed by atoms with Crippen molar-refractivity contribution >= 4 is 5.82 Å². The molecule has 2 heterocycles. The van der Waals surface area contributed by atoms with Crippen LogP contribution in [-0.2, 0) is 0 Å². The van der Waals surface area contributed by atoms with E-state index in [9.17, 15) is 8.78 Å². The van der Waals surface area contributed by atoms with Crippen molar-refractivity contribution < 1.29 is 8.78 Å². The van der Waals surface area contributed by atoms with Gasteiger partial charge in [-0.25, -0.2) is 18.7 Å².